The molecule has 3 heteroatoms. The average Bonchev–Trinajstić information content (AvgIpc) is 2.26. The monoisotopic (exact) mass is 213 g/mol. The van der Waals surface area contributed by atoms with Crippen LogP contribution in [0.1, 0.15) is 16.8 Å². The highest BCUT2D eigenvalue weighted by atomic mass is 15.0. The Bertz CT molecular complexity index is 509. The first-order valence-corrected chi connectivity index (χ1v) is 5.26. The molecule has 0 aliphatic rings. The van der Waals surface area contributed by atoms with Gasteiger partial charge in [-0.15, -0.1) is 0 Å². The van der Waals surface area contributed by atoms with Gasteiger partial charge in [-0.05, 0) is 26.3 Å². The summed E-state index contributed by atoms with van der Waals surface area (Å²) in [5.74, 6) is 1.27. The van der Waals surface area contributed by atoms with Crippen LogP contribution in [0.15, 0.2) is 24.3 Å². The second kappa shape index (κ2) is 3.93. The summed E-state index contributed by atoms with van der Waals surface area (Å²) in [6, 6.07) is 8.04. The summed E-state index contributed by atoms with van der Waals surface area (Å²) in [4.78, 5) is 8.80. The first-order valence-electron chi connectivity index (χ1n) is 5.26. The lowest BCUT2D eigenvalue weighted by atomic mass is 10.1. The Kier molecular flexibility index (Phi) is 2.60. The molecule has 2 aromatic rings. The van der Waals surface area contributed by atoms with Crippen LogP contribution in [0.2, 0.25) is 0 Å². The molecule has 0 aliphatic heterocycles. The fourth-order valence-corrected chi connectivity index (χ4v) is 1.60. The predicted octanol–water partition coefficient (Wildman–Crippen LogP) is 2.65. The Labute approximate surface area is 95.4 Å². The first-order chi connectivity index (χ1) is 7.59. The minimum Gasteiger partial charge on any atom is -0.383 e. The predicted molar refractivity (Wildman–Crippen MR) is 66.1 cm³/mol. The zero-order chi connectivity index (χ0) is 11.7. The number of benzene rings is 1. The van der Waals surface area contributed by atoms with E-state index in [4.69, 9.17) is 5.73 Å². The van der Waals surface area contributed by atoms with E-state index in [1.807, 2.05) is 45.0 Å². The van der Waals surface area contributed by atoms with E-state index in [0.29, 0.717) is 11.6 Å². The Hall–Kier alpha value is -1.90. The summed E-state index contributed by atoms with van der Waals surface area (Å²) in [5.41, 5.74) is 9.95. The van der Waals surface area contributed by atoms with Gasteiger partial charge in [0.05, 0.1) is 0 Å². The van der Waals surface area contributed by atoms with Crippen molar-refractivity contribution in [3.05, 3.63) is 41.1 Å². The summed E-state index contributed by atoms with van der Waals surface area (Å²) in [7, 11) is 0. The molecule has 0 bridgehead atoms. The Balaban J connectivity index is 2.62. The lowest BCUT2D eigenvalue weighted by molar-refractivity contribution is 1.08. The van der Waals surface area contributed by atoms with Gasteiger partial charge in [0, 0.05) is 16.8 Å². The van der Waals surface area contributed by atoms with E-state index in [9.17, 15) is 0 Å². The number of nitrogens with zero attached hydrogens (tertiary/aromatic N) is 2. The number of hydrogen-bond donors (Lipinski definition) is 1. The molecule has 0 unspecified atom stereocenters. The molecule has 1 heterocycles. The van der Waals surface area contributed by atoms with Crippen molar-refractivity contribution in [2.75, 3.05) is 5.73 Å². The maximum absolute atomic E-state index is 5.86. The van der Waals surface area contributed by atoms with Crippen LogP contribution in [0.3, 0.4) is 0 Å². The quantitative estimate of drug-likeness (QED) is 0.792. The summed E-state index contributed by atoms with van der Waals surface area (Å²) < 4.78 is 0. The van der Waals surface area contributed by atoms with Crippen LogP contribution >= 0.6 is 0 Å². The SMILES string of the molecule is Cc1ccccc1-c1nc(C)c(C)c(N)n1. The van der Waals surface area contributed by atoms with Crippen molar-refractivity contribution in [2.45, 2.75) is 20.8 Å². The molecule has 0 atom stereocenters. The number of nitrogen functional groups attached to an aromatic ring is 1. The summed E-state index contributed by atoms with van der Waals surface area (Å²) >= 11 is 0. The summed E-state index contributed by atoms with van der Waals surface area (Å²) in [6.45, 7) is 5.94. The fraction of sp³-hybridized carbons (Fsp3) is 0.231. The van der Waals surface area contributed by atoms with Crippen LogP contribution in [0.5, 0.6) is 0 Å². The van der Waals surface area contributed by atoms with Crippen molar-refractivity contribution in [2.24, 2.45) is 0 Å². The summed E-state index contributed by atoms with van der Waals surface area (Å²) in [5, 5.41) is 0. The van der Waals surface area contributed by atoms with Crippen molar-refractivity contribution >= 4 is 5.82 Å². The van der Waals surface area contributed by atoms with Crippen molar-refractivity contribution in [1.82, 2.24) is 9.97 Å². The molecular formula is C13H15N3. The molecule has 0 fully saturated rings. The molecule has 0 spiro atoms. The van der Waals surface area contributed by atoms with Gasteiger partial charge < -0.3 is 5.73 Å². The number of aromatic nitrogens is 2. The molecule has 0 amide bonds. The van der Waals surface area contributed by atoms with Crippen LogP contribution in [0, 0.1) is 20.8 Å². The van der Waals surface area contributed by atoms with Crippen LogP contribution in [0.4, 0.5) is 5.82 Å². The highest BCUT2D eigenvalue weighted by Crippen LogP contribution is 2.22. The van der Waals surface area contributed by atoms with Gasteiger partial charge in [0.25, 0.3) is 0 Å². The number of nitrogens with two attached hydrogens (primary N) is 1. The van der Waals surface area contributed by atoms with Crippen molar-refractivity contribution in [3.8, 4) is 11.4 Å². The van der Waals surface area contributed by atoms with Crippen LogP contribution in [-0.4, -0.2) is 9.97 Å². The number of aryl methyl sites for hydroxylation is 2. The van der Waals surface area contributed by atoms with Gasteiger partial charge >= 0.3 is 0 Å². The largest absolute Gasteiger partial charge is 0.383 e. The molecule has 0 saturated heterocycles. The van der Waals surface area contributed by atoms with E-state index in [1.165, 1.54) is 0 Å². The first kappa shape index (κ1) is 10.6. The smallest absolute Gasteiger partial charge is 0.162 e. The third-order valence-electron chi connectivity index (χ3n) is 2.81. The van der Waals surface area contributed by atoms with E-state index in [-0.39, 0.29) is 0 Å². The third-order valence-corrected chi connectivity index (χ3v) is 2.81. The molecule has 0 aliphatic carbocycles. The number of anilines is 1. The van der Waals surface area contributed by atoms with Gasteiger partial charge in [-0.25, -0.2) is 9.97 Å². The van der Waals surface area contributed by atoms with Crippen molar-refractivity contribution < 1.29 is 0 Å². The zero-order valence-corrected chi connectivity index (χ0v) is 9.78. The van der Waals surface area contributed by atoms with E-state index in [1.54, 1.807) is 0 Å². The number of rotatable bonds is 1. The maximum atomic E-state index is 5.86. The van der Waals surface area contributed by atoms with Crippen molar-refractivity contribution in [1.29, 1.82) is 0 Å². The standard InChI is InChI=1S/C13H15N3/c1-8-6-4-5-7-11(8)13-15-10(3)9(2)12(14)16-13/h4-7H,1-3H3,(H2,14,15,16). The molecule has 3 nitrogen and oxygen atoms in total. The van der Waals surface area contributed by atoms with Gasteiger partial charge in [0.2, 0.25) is 0 Å². The topological polar surface area (TPSA) is 51.8 Å². The molecule has 16 heavy (non-hydrogen) atoms. The van der Waals surface area contributed by atoms with Gasteiger partial charge in [-0.3, -0.25) is 0 Å². The molecular weight excluding hydrogens is 198 g/mol. The average molecular weight is 213 g/mol. The minimum atomic E-state index is 0.561. The fourth-order valence-electron chi connectivity index (χ4n) is 1.60. The van der Waals surface area contributed by atoms with Crippen LogP contribution in [-0.2, 0) is 0 Å². The molecule has 0 saturated carbocycles. The van der Waals surface area contributed by atoms with Gasteiger partial charge in [-0.2, -0.15) is 0 Å². The second-order valence-electron chi connectivity index (χ2n) is 3.96. The summed E-state index contributed by atoms with van der Waals surface area (Å²) in [6.07, 6.45) is 0. The van der Waals surface area contributed by atoms with Crippen LogP contribution < -0.4 is 5.73 Å². The Morgan fingerprint density at radius 3 is 2.31 bits per heavy atom. The lowest BCUT2D eigenvalue weighted by Gasteiger charge is -2.08. The van der Waals surface area contributed by atoms with Crippen LogP contribution in [0.25, 0.3) is 11.4 Å². The Morgan fingerprint density at radius 2 is 1.69 bits per heavy atom. The van der Waals surface area contributed by atoms with E-state index in [2.05, 4.69) is 9.97 Å². The molecule has 82 valence electrons. The molecule has 1 aromatic heterocycles. The maximum Gasteiger partial charge on any atom is 0.162 e. The van der Waals surface area contributed by atoms with E-state index < -0.39 is 0 Å². The van der Waals surface area contributed by atoms with Gasteiger partial charge in [-0.1, -0.05) is 24.3 Å². The van der Waals surface area contributed by atoms with Crippen molar-refractivity contribution in [3.63, 3.8) is 0 Å². The highest BCUT2D eigenvalue weighted by Gasteiger charge is 2.08. The molecule has 2 rings (SSSR count). The molecule has 1 aromatic carbocycles. The minimum absolute atomic E-state index is 0.561. The zero-order valence-electron chi connectivity index (χ0n) is 9.78. The van der Waals surface area contributed by atoms with Gasteiger partial charge in [0.15, 0.2) is 5.82 Å². The molecule has 2 N–H and O–H groups in total. The second-order valence-corrected chi connectivity index (χ2v) is 3.96. The third kappa shape index (κ3) is 1.76. The van der Waals surface area contributed by atoms with E-state index >= 15 is 0 Å². The lowest BCUT2D eigenvalue weighted by Crippen LogP contribution is -2.02. The molecule has 0 radical (unpaired) electrons. The van der Waals surface area contributed by atoms with Gasteiger partial charge in [0.1, 0.15) is 5.82 Å². The normalized spacial score (nSPS) is 10.4. The Morgan fingerprint density at radius 1 is 1.00 bits per heavy atom. The highest BCUT2D eigenvalue weighted by molar-refractivity contribution is 5.62. The number of hydrogen-bond acceptors (Lipinski definition) is 3. The van der Waals surface area contributed by atoms with E-state index in [0.717, 1.165) is 22.4 Å².